The molecular formula is C12H9N4. The summed E-state index contributed by atoms with van der Waals surface area (Å²) >= 11 is 0. The zero-order valence-electron chi connectivity index (χ0n) is 8.46. The maximum absolute atomic E-state index is 5.75. The topological polar surface area (TPSA) is 56.2 Å². The van der Waals surface area contributed by atoms with Gasteiger partial charge in [-0.1, -0.05) is 12.1 Å². The number of rotatable bonds is 1. The number of nitrogen functional groups attached to an aromatic ring is 1. The largest absolute Gasteiger partial charge is 0.399 e. The Bertz CT molecular complexity index is 642. The summed E-state index contributed by atoms with van der Waals surface area (Å²) in [5.74, 6) is 0. The summed E-state index contributed by atoms with van der Waals surface area (Å²) in [6.45, 7) is 0. The monoisotopic (exact) mass is 209 g/mol. The van der Waals surface area contributed by atoms with Gasteiger partial charge in [-0.05, 0) is 24.3 Å². The van der Waals surface area contributed by atoms with E-state index in [4.69, 9.17) is 5.73 Å². The maximum atomic E-state index is 5.75. The second kappa shape index (κ2) is 3.34. The third-order valence-electron chi connectivity index (χ3n) is 2.41. The molecule has 3 rings (SSSR count). The molecule has 0 bridgehead atoms. The lowest BCUT2D eigenvalue weighted by Gasteiger charge is -2.01. The van der Waals surface area contributed by atoms with E-state index in [2.05, 4.69) is 16.3 Å². The molecular weight excluding hydrogens is 200 g/mol. The van der Waals surface area contributed by atoms with Gasteiger partial charge in [-0.3, -0.25) is 0 Å². The van der Waals surface area contributed by atoms with Gasteiger partial charge in [0.25, 0.3) is 0 Å². The normalized spacial score (nSPS) is 10.8. The molecule has 16 heavy (non-hydrogen) atoms. The second-order valence-corrected chi connectivity index (χ2v) is 3.50. The molecule has 2 heterocycles. The Hall–Kier alpha value is -2.36. The smallest absolute Gasteiger partial charge is 0.154 e. The number of imidazole rings is 1. The number of fused-ring (bicyclic) bond motifs is 1. The van der Waals surface area contributed by atoms with Crippen LogP contribution < -0.4 is 5.73 Å². The molecule has 4 heteroatoms. The highest BCUT2D eigenvalue weighted by atomic mass is 15.2. The van der Waals surface area contributed by atoms with Crippen molar-refractivity contribution in [2.75, 3.05) is 5.73 Å². The molecule has 3 aromatic rings. The summed E-state index contributed by atoms with van der Waals surface area (Å²) in [7, 11) is 0. The SMILES string of the molecule is Nc1cccc(-c2cnc3cc[c]nn23)c1. The molecule has 0 amide bonds. The van der Waals surface area contributed by atoms with Crippen LogP contribution >= 0.6 is 0 Å². The Labute approximate surface area is 92.4 Å². The molecule has 0 aliphatic carbocycles. The third kappa shape index (κ3) is 1.32. The molecule has 0 aliphatic heterocycles. The van der Waals surface area contributed by atoms with Crippen LogP contribution in [0.2, 0.25) is 0 Å². The molecule has 0 saturated carbocycles. The molecule has 1 aromatic carbocycles. The van der Waals surface area contributed by atoms with Crippen LogP contribution in [0.4, 0.5) is 5.69 Å². The zero-order chi connectivity index (χ0) is 11.0. The molecule has 0 spiro atoms. The van der Waals surface area contributed by atoms with Gasteiger partial charge >= 0.3 is 0 Å². The average molecular weight is 209 g/mol. The van der Waals surface area contributed by atoms with Crippen LogP contribution in [0, 0.1) is 6.20 Å². The van der Waals surface area contributed by atoms with E-state index in [-0.39, 0.29) is 0 Å². The standard InChI is InChI=1S/C12H9N4/c13-10-4-1-3-9(7-10)11-8-14-12-5-2-6-15-16(11)12/h1-5,7-8H,13H2. The fraction of sp³-hybridized carbons (Fsp3) is 0. The van der Waals surface area contributed by atoms with Gasteiger partial charge in [-0.25, -0.2) is 9.50 Å². The molecule has 0 fully saturated rings. The maximum Gasteiger partial charge on any atom is 0.154 e. The van der Waals surface area contributed by atoms with Gasteiger partial charge in [0.1, 0.15) is 6.20 Å². The van der Waals surface area contributed by atoms with Crippen LogP contribution in [0.5, 0.6) is 0 Å². The minimum absolute atomic E-state index is 0.729. The van der Waals surface area contributed by atoms with E-state index in [9.17, 15) is 0 Å². The first-order valence-electron chi connectivity index (χ1n) is 4.91. The van der Waals surface area contributed by atoms with Gasteiger partial charge in [-0.15, -0.1) is 0 Å². The Morgan fingerprint density at radius 1 is 1.25 bits per heavy atom. The highest BCUT2D eigenvalue weighted by Crippen LogP contribution is 2.21. The first kappa shape index (κ1) is 8.91. The van der Waals surface area contributed by atoms with Gasteiger partial charge in [0.15, 0.2) is 5.65 Å². The van der Waals surface area contributed by atoms with Crippen molar-refractivity contribution in [1.29, 1.82) is 0 Å². The van der Waals surface area contributed by atoms with Crippen molar-refractivity contribution in [1.82, 2.24) is 14.6 Å². The molecule has 0 saturated heterocycles. The van der Waals surface area contributed by atoms with E-state index in [1.54, 1.807) is 16.8 Å². The zero-order valence-corrected chi connectivity index (χ0v) is 8.46. The van der Waals surface area contributed by atoms with Crippen LogP contribution in [0.25, 0.3) is 16.9 Å². The number of nitrogens with two attached hydrogens (primary N) is 1. The summed E-state index contributed by atoms with van der Waals surface area (Å²) in [5.41, 5.74) is 9.20. The van der Waals surface area contributed by atoms with E-state index < -0.39 is 0 Å². The predicted molar refractivity (Wildman–Crippen MR) is 61.7 cm³/mol. The minimum Gasteiger partial charge on any atom is -0.399 e. The van der Waals surface area contributed by atoms with E-state index in [0.29, 0.717) is 0 Å². The van der Waals surface area contributed by atoms with Crippen molar-refractivity contribution in [3.63, 3.8) is 0 Å². The lowest BCUT2D eigenvalue weighted by Crippen LogP contribution is -1.93. The van der Waals surface area contributed by atoms with Crippen molar-refractivity contribution < 1.29 is 0 Å². The molecule has 1 radical (unpaired) electrons. The van der Waals surface area contributed by atoms with Gasteiger partial charge in [0.05, 0.1) is 11.9 Å². The van der Waals surface area contributed by atoms with Crippen molar-refractivity contribution >= 4 is 11.3 Å². The van der Waals surface area contributed by atoms with E-state index >= 15 is 0 Å². The van der Waals surface area contributed by atoms with Crippen molar-refractivity contribution in [3.05, 3.63) is 48.8 Å². The van der Waals surface area contributed by atoms with E-state index in [1.807, 2.05) is 30.3 Å². The average Bonchev–Trinajstić information content (AvgIpc) is 2.72. The minimum atomic E-state index is 0.729. The summed E-state index contributed by atoms with van der Waals surface area (Å²) < 4.78 is 1.74. The molecule has 2 aromatic heterocycles. The summed E-state index contributed by atoms with van der Waals surface area (Å²) in [6.07, 6.45) is 4.57. The summed E-state index contributed by atoms with van der Waals surface area (Å²) in [6, 6.07) is 11.3. The highest BCUT2D eigenvalue weighted by molar-refractivity contribution is 5.66. The lowest BCUT2D eigenvalue weighted by molar-refractivity contribution is 0.936. The summed E-state index contributed by atoms with van der Waals surface area (Å²) in [5, 5.41) is 4.14. The second-order valence-electron chi connectivity index (χ2n) is 3.50. The molecule has 2 N–H and O–H groups in total. The molecule has 0 atom stereocenters. The number of aromatic nitrogens is 3. The van der Waals surface area contributed by atoms with Crippen LogP contribution in [0.1, 0.15) is 0 Å². The van der Waals surface area contributed by atoms with Crippen LogP contribution in [-0.2, 0) is 0 Å². The molecule has 4 nitrogen and oxygen atoms in total. The fourth-order valence-corrected chi connectivity index (χ4v) is 1.68. The van der Waals surface area contributed by atoms with Gasteiger partial charge < -0.3 is 5.73 Å². The van der Waals surface area contributed by atoms with Gasteiger partial charge in [0.2, 0.25) is 0 Å². The molecule has 77 valence electrons. The Morgan fingerprint density at radius 3 is 3.06 bits per heavy atom. The van der Waals surface area contributed by atoms with Crippen molar-refractivity contribution in [2.24, 2.45) is 0 Å². The van der Waals surface area contributed by atoms with Crippen molar-refractivity contribution in [2.45, 2.75) is 0 Å². The predicted octanol–water partition coefficient (Wildman–Crippen LogP) is 1.78. The molecule has 0 unspecified atom stereocenters. The van der Waals surface area contributed by atoms with Crippen LogP contribution in [0.15, 0.2) is 42.6 Å². The summed E-state index contributed by atoms with van der Waals surface area (Å²) in [4.78, 5) is 4.26. The van der Waals surface area contributed by atoms with Gasteiger partial charge in [0, 0.05) is 11.3 Å². The van der Waals surface area contributed by atoms with Gasteiger partial charge in [-0.2, -0.15) is 5.10 Å². The fourth-order valence-electron chi connectivity index (χ4n) is 1.68. The van der Waals surface area contributed by atoms with Crippen molar-refractivity contribution in [3.8, 4) is 11.3 Å². The van der Waals surface area contributed by atoms with E-state index in [0.717, 1.165) is 22.6 Å². The number of hydrogen-bond donors (Lipinski definition) is 1. The van der Waals surface area contributed by atoms with E-state index in [1.165, 1.54) is 0 Å². The number of nitrogens with zero attached hydrogens (tertiary/aromatic N) is 3. The van der Waals surface area contributed by atoms with Crippen LogP contribution in [-0.4, -0.2) is 14.6 Å². The third-order valence-corrected chi connectivity index (χ3v) is 2.41. The first-order chi connectivity index (χ1) is 7.84. The first-order valence-corrected chi connectivity index (χ1v) is 4.91. The molecule has 0 aliphatic rings. The lowest BCUT2D eigenvalue weighted by atomic mass is 10.1. The Balaban J connectivity index is 2.26. The van der Waals surface area contributed by atoms with Crippen LogP contribution in [0.3, 0.4) is 0 Å². The number of anilines is 1. The number of hydrogen-bond acceptors (Lipinski definition) is 3. The highest BCUT2D eigenvalue weighted by Gasteiger charge is 2.05. The Morgan fingerprint density at radius 2 is 2.19 bits per heavy atom. The number of benzene rings is 1. The quantitative estimate of drug-likeness (QED) is 0.621. The Kier molecular flexibility index (Phi) is 1.86.